The standard InChI is InChI=1S/C30H50O6/c1-17(8-11-26(34)36-28(3,4)5)21-9-10-22-27-23(16-25(33)30(21,22)7)29(6)13-12-20(35-18(2)31)14-19(29)15-24(27)32/h17,19-25,27,32-33H,8-16H2,1-7H3/t17-,19+,20-,21-,22+,23+,24-,25+,27+,29+,30-/m1/s1. The Labute approximate surface area is 217 Å². The second-order valence-electron chi connectivity index (χ2n) is 14.2. The van der Waals surface area contributed by atoms with Gasteiger partial charge in [0.25, 0.3) is 0 Å². The molecular formula is C30H50O6. The van der Waals surface area contributed by atoms with Gasteiger partial charge < -0.3 is 19.7 Å². The fourth-order valence-electron chi connectivity index (χ4n) is 9.40. The van der Waals surface area contributed by atoms with Crippen LogP contribution in [0.1, 0.15) is 106 Å². The van der Waals surface area contributed by atoms with Gasteiger partial charge in [-0.3, -0.25) is 9.59 Å². The van der Waals surface area contributed by atoms with Crippen molar-refractivity contribution in [2.45, 2.75) is 130 Å². The van der Waals surface area contributed by atoms with E-state index in [1.807, 2.05) is 20.8 Å². The lowest BCUT2D eigenvalue weighted by atomic mass is 9.43. The molecule has 2 N–H and O–H groups in total. The Kier molecular flexibility index (Phi) is 7.65. The van der Waals surface area contributed by atoms with Gasteiger partial charge in [-0.15, -0.1) is 0 Å². The molecule has 4 saturated carbocycles. The number of rotatable bonds is 5. The summed E-state index contributed by atoms with van der Waals surface area (Å²) in [5.41, 5.74) is -0.654. The summed E-state index contributed by atoms with van der Waals surface area (Å²) in [6, 6.07) is 0. The third-order valence-electron chi connectivity index (χ3n) is 11.1. The number of fused-ring (bicyclic) bond motifs is 5. The second kappa shape index (κ2) is 9.87. The van der Waals surface area contributed by atoms with Crippen LogP contribution in [0.15, 0.2) is 0 Å². The van der Waals surface area contributed by atoms with E-state index in [0.717, 1.165) is 51.4 Å². The van der Waals surface area contributed by atoms with Crippen LogP contribution in [0.25, 0.3) is 0 Å². The van der Waals surface area contributed by atoms with Gasteiger partial charge in [0, 0.05) is 13.3 Å². The van der Waals surface area contributed by atoms with Crippen molar-refractivity contribution in [1.29, 1.82) is 0 Å². The molecule has 6 nitrogen and oxygen atoms in total. The van der Waals surface area contributed by atoms with Crippen LogP contribution in [-0.4, -0.2) is 46.1 Å². The minimum absolute atomic E-state index is 0.0511. The van der Waals surface area contributed by atoms with Crippen LogP contribution >= 0.6 is 0 Å². The first kappa shape index (κ1) is 27.9. The summed E-state index contributed by atoms with van der Waals surface area (Å²) in [6.07, 6.45) is 6.57. The predicted octanol–water partition coefficient (Wildman–Crippen LogP) is 5.28. The quantitative estimate of drug-likeness (QED) is 0.493. The largest absolute Gasteiger partial charge is 0.463 e. The van der Waals surface area contributed by atoms with Gasteiger partial charge in [0.2, 0.25) is 0 Å². The van der Waals surface area contributed by atoms with E-state index >= 15 is 0 Å². The van der Waals surface area contributed by atoms with Crippen molar-refractivity contribution in [3.63, 3.8) is 0 Å². The fraction of sp³-hybridized carbons (Fsp3) is 0.933. The molecule has 0 heterocycles. The lowest BCUT2D eigenvalue weighted by Crippen LogP contribution is -2.62. The number of aliphatic hydroxyl groups is 2. The molecule has 206 valence electrons. The monoisotopic (exact) mass is 506 g/mol. The van der Waals surface area contributed by atoms with E-state index in [0.29, 0.717) is 30.1 Å². The van der Waals surface area contributed by atoms with Crippen molar-refractivity contribution in [2.24, 2.45) is 46.3 Å². The Morgan fingerprint density at radius 2 is 1.72 bits per heavy atom. The summed E-state index contributed by atoms with van der Waals surface area (Å²) >= 11 is 0. The molecule has 4 aliphatic rings. The molecule has 4 rings (SSSR count). The Hall–Kier alpha value is -1.14. The molecule has 0 radical (unpaired) electrons. The van der Waals surface area contributed by atoms with Gasteiger partial charge in [-0.2, -0.15) is 0 Å². The van der Waals surface area contributed by atoms with Crippen LogP contribution in [0.3, 0.4) is 0 Å². The van der Waals surface area contributed by atoms with E-state index in [1.54, 1.807) is 0 Å². The van der Waals surface area contributed by atoms with Crippen LogP contribution in [0.2, 0.25) is 0 Å². The van der Waals surface area contributed by atoms with E-state index in [-0.39, 0.29) is 46.8 Å². The Morgan fingerprint density at radius 3 is 2.36 bits per heavy atom. The normalized spacial score (nSPS) is 45.1. The van der Waals surface area contributed by atoms with Gasteiger partial charge >= 0.3 is 11.9 Å². The average Bonchev–Trinajstić information content (AvgIpc) is 3.11. The summed E-state index contributed by atoms with van der Waals surface area (Å²) < 4.78 is 11.1. The highest BCUT2D eigenvalue weighted by Crippen LogP contribution is 2.68. The Balaban J connectivity index is 1.49. The van der Waals surface area contributed by atoms with E-state index in [2.05, 4.69) is 20.8 Å². The molecule has 0 bridgehead atoms. The molecule has 0 spiro atoms. The Bertz CT molecular complexity index is 834. The molecule has 0 aromatic carbocycles. The first-order valence-corrected chi connectivity index (χ1v) is 14.4. The molecule has 0 saturated heterocycles. The fourth-order valence-corrected chi connectivity index (χ4v) is 9.40. The molecule has 0 aliphatic heterocycles. The van der Waals surface area contributed by atoms with Crippen LogP contribution in [0.5, 0.6) is 0 Å². The summed E-state index contributed by atoms with van der Waals surface area (Å²) in [4.78, 5) is 23.9. The van der Waals surface area contributed by atoms with E-state index in [1.165, 1.54) is 6.92 Å². The smallest absolute Gasteiger partial charge is 0.306 e. The number of aliphatic hydroxyl groups excluding tert-OH is 2. The third-order valence-corrected chi connectivity index (χ3v) is 11.1. The number of ether oxygens (including phenoxy) is 2. The van der Waals surface area contributed by atoms with Crippen molar-refractivity contribution < 1.29 is 29.3 Å². The van der Waals surface area contributed by atoms with Gasteiger partial charge in [0.1, 0.15) is 11.7 Å². The number of carbonyl (C=O) groups excluding carboxylic acids is 2. The number of hydrogen-bond acceptors (Lipinski definition) is 6. The zero-order valence-corrected chi connectivity index (χ0v) is 23.6. The molecule has 0 aromatic rings. The Morgan fingerprint density at radius 1 is 1.03 bits per heavy atom. The molecule has 36 heavy (non-hydrogen) atoms. The lowest BCUT2D eigenvalue weighted by Gasteiger charge is -2.63. The minimum Gasteiger partial charge on any atom is -0.463 e. The van der Waals surface area contributed by atoms with E-state index < -0.39 is 11.7 Å². The van der Waals surface area contributed by atoms with E-state index in [9.17, 15) is 19.8 Å². The minimum atomic E-state index is -0.470. The second-order valence-corrected chi connectivity index (χ2v) is 14.2. The highest BCUT2D eigenvalue weighted by molar-refractivity contribution is 5.69. The molecule has 0 amide bonds. The molecule has 4 fully saturated rings. The maximum Gasteiger partial charge on any atom is 0.306 e. The molecule has 0 aromatic heterocycles. The zero-order chi connectivity index (χ0) is 26.6. The zero-order valence-electron chi connectivity index (χ0n) is 23.6. The summed E-state index contributed by atoms with van der Waals surface area (Å²) in [7, 11) is 0. The molecule has 4 aliphatic carbocycles. The molecule has 0 unspecified atom stereocenters. The van der Waals surface area contributed by atoms with Gasteiger partial charge in [-0.1, -0.05) is 20.8 Å². The van der Waals surface area contributed by atoms with Crippen molar-refractivity contribution in [2.75, 3.05) is 0 Å². The van der Waals surface area contributed by atoms with Crippen LogP contribution in [-0.2, 0) is 19.1 Å². The number of esters is 2. The molecular weight excluding hydrogens is 456 g/mol. The van der Waals surface area contributed by atoms with Gasteiger partial charge in [0.15, 0.2) is 0 Å². The highest BCUT2D eigenvalue weighted by Gasteiger charge is 2.65. The topological polar surface area (TPSA) is 93.1 Å². The first-order chi connectivity index (χ1) is 16.7. The SMILES string of the molecule is CC(=O)O[C@@H]1CC[C@@]2(C)[C@@H](C1)C[C@@H](O)[C@@H]1[C@@H]2C[C@H](O)[C@]2(C)[C@@H]([C@H](C)CCC(=O)OC(C)(C)C)CC[C@@H]12. The maximum atomic E-state index is 12.4. The summed E-state index contributed by atoms with van der Waals surface area (Å²) in [5, 5.41) is 23.3. The molecule has 11 atom stereocenters. The average molecular weight is 507 g/mol. The van der Waals surface area contributed by atoms with Crippen molar-refractivity contribution in [3.8, 4) is 0 Å². The maximum absolute atomic E-state index is 12.4. The number of hydrogen-bond donors (Lipinski definition) is 2. The van der Waals surface area contributed by atoms with Crippen molar-refractivity contribution >= 4 is 11.9 Å². The van der Waals surface area contributed by atoms with Crippen LogP contribution in [0, 0.1) is 46.3 Å². The van der Waals surface area contributed by atoms with Gasteiger partial charge in [-0.05, 0) is 118 Å². The third kappa shape index (κ3) is 4.98. The summed E-state index contributed by atoms with van der Waals surface area (Å²) in [6.45, 7) is 14.0. The highest BCUT2D eigenvalue weighted by atomic mass is 16.6. The number of carbonyl (C=O) groups is 2. The first-order valence-electron chi connectivity index (χ1n) is 14.4. The lowest BCUT2D eigenvalue weighted by molar-refractivity contribution is -0.209. The van der Waals surface area contributed by atoms with Gasteiger partial charge in [-0.25, -0.2) is 0 Å². The van der Waals surface area contributed by atoms with Crippen LogP contribution < -0.4 is 0 Å². The molecule has 6 heteroatoms. The van der Waals surface area contributed by atoms with Crippen molar-refractivity contribution in [1.82, 2.24) is 0 Å². The van der Waals surface area contributed by atoms with Crippen molar-refractivity contribution in [3.05, 3.63) is 0 Å². The van der Waals surface area contributed by atoms with Crippen LogP contribution in [0.4, 0.5) is 0 Å². The predicted molar refractivity (Wildman–Crippen MR) is 138 cm³/mol. The van der Waals surface area contributed by atoms with E-state index in [4.69, 9.17) is 9.47 Å². The van der Waals surface area contributed by atoms with Gasteiger partial charge in [0.05, 0.1) is 12.2 Å². The summed E-state index contributed by atoms with van der Waals surface area (Å²) in [5.74, 6) is 1.36.